The number of hydrogen-bond acceptors (Lipinski definition) is 8. The third kappa shape index (κ3) is 11.9. The summed E-state index contributed by atoms with van der Waals surface area (Å²) in [5.74, 6) is -2.82. The lowest BCUT2D eigenvalue weighted by atomic mass is 9.94. The molecule has 1 fully saturated rings. The second-order valence-corrected chi connectivity index (χ2v) is 11.9. The normalized spacial score (nSPS) is 18.9. The maximum atomic E-state index is 13.1. The molecule has 0 radical (unpaired) electrons. The monoisotopic (exact) mass is 691 g/mol. The SMILES string of the molecule is CC(C)(I)OC(=O)N[C@@H](COC(F)F)C(=O)N[C@@H](COC(F)F)C(=O)N[C@@H](Cc1ccccc1)C(=O)[C@@]1(C)CO1. The van der Waals surface area contributed by atoms with Gasteiger partial charge in [0.1, 0.15) is 17.7 Å². The van der Waals surface area contributed by atoms with Crippen LogP contribution in [0.1, 0.15) is 26.3 Å². The number of amides is 3. The van der Waals surface area contributed by atoms with Crippen molar-refractivity contribution >= 4 is 46.3 Å². The zero-order valence-electron chi connectivity index (χ0n) is 21.8. The predicted octanol–water partition coefficient (Wildman–Crippen LogP) is 2.30. The molecule has 2 rings (SSSR count). The van der Waals surface area contributed by atoms with Gasteiger partial charge in [0.15, 0.2) is 9.39 Å². The Bertz CT molecular complexity index is 1030. The van der Waals surface area contributed by atoms with Crippen LogP contribution in [0.3, 0.4) is 0 Å². The molecule has 16 heteroatoms. The van der Waals surface area contributed by atoms with Crippen LogP contribution in [0.2, 0.25) is 0 Å². The van der Waals surface area contributed by atoms with Crippen molar-refractivity contribution in [2.75, 3.05) is 19.8 Å². The number of Topliss-reactive ketones (excluding diaryl/α,β-unsaturated/α-hetero) is 1. The average molecular weight is 691 g/mol. The summed E-state index contributed by atoms with van der Waals surface area (Å²) in [5.41, 5.74) is -0.487. The summed E-state index contributed by atoms with van der Waals surface area (Å²) in [6.07, 6.45) is -1.15. The smallest absolute Gasteiger partial charge is 0.409 e. The van der Waals surface area contributed by atoms with Crippen LogP contribution in [0.25, 0.3) is 0 Å². The highest BCUT2D eigenvalue weighted by Gasteiger charge is 2.50. The average Bonchev–Trinajstić information content (AvgIpc) is 3.60. The summed E-state index contributed by atoms with van der Waals surface area (Å²) >= 11 is 1.76. The largest absolute Gasteiger partial charge is 0.433 e. The summed E-state index contributed by atoms with van der Waals surface area (Å²) in [6, 6.07) is 3.77. The van der Waals surface area contributed by atoms with Gasteiger partial charge in [0.2, 0.25) is 11.8 Å². The number of hydrogen-bond donors (Lipinski definition) is 3. The van der Waals surface area contributed by atoms with E-state index in [4.69, 9.17) is 9.47 Å². The van der Waals surface area contributed by atoms with Gasteiger partial charge < -0.3 is 34.9 Å². The molecule has 0 aliphatic carbocycles. The van der Waals surface area contributed by atoms with Gasteiger partial charge in [-0.15, -0.1) is 0 Å². The summed E-state index contributed by atoms with van der Waals surface area (Å²) in [4.78, 5) is 51.2. The lowest BCUT2D eigenvalue weighted by Gasteiger charge is -2.26. The molecule has 0 spiro atoms. The minimum absolute atomic E-state index is 0.0189. The molecular weight excluding hydrogens is 661 g/mol. The molecule has 11 nitrogen and oxygen atoms in total. The molecule has 1 heterocycles. The van der Waals surface area contributed by atoms with E-state index in [0.29, 0.717) is 5.56 Å². The molecule has 4 atom stereocenters. The molecule has 1 saturated heterocycles. The van der Waals surface area contributed by atoms with E-state index in [1.54, 1.807) is 52.9 Å². The zero-order chi connectivity index (χ0) is 30.1. The van der Waals surface area contributed by atoms with Crippen molar-refractivity contribution in [2.45, 2.75) is 67.7 Å². The predicted molar refractivity (Wildman–Crippen MR) is 139 cm³/mol. The molecule has 1 aromatic rings. The number of epoxide rings is 1. The zero-order valence-corrected chi connectivity index (χ0v) is 23.9. The molecule has 1 aliphatic rings. The molecule has 3 N–H and O–H groups in total. The van der Waals surface area contributed by atoms with Crippen LogP contribution in [-0.2, 0) is 39.8 Å². The van der Waals surface area contributed by atoms with Gasteiger partial charge in [0, 0.05) is 0 Å². The standard InChI is InChI=1S/C24H30F4IN3O8/c1-23(2,29)40-22(36)32-16(11-38-21(27)28)19(35)31-15(10-37-20(25)26)18(34)30-14(17(33)24(3)12-39-24)9-13-7-5-4-6-8-13/h4-8,14-16,20-21H,9-12H2,1-3H3,(H,30,34)(H,31,35)(H,32,36)/t14-,15-,16-,24+/m0/s1. The Morgan fingerprint density at radius 2 is 1.40 bits per heavy atom. The second kappa shape index (κ2) is 14.9. The fourth-order valence-corrected chi connectivity index (χ4v) is 3.52. The van der Waals surface area contributed by atoms with Crippen molar-refractivity contribution in [3.05, 3.63) is 35.9 Å². The molecule has 40 heavy (non-hydrogen) atoms. The third-order valence-corrected chi connectivity index (χ3v) is 5.59. The summed E-state index contributed by atoms with van der Waals surface area (Å²) in [5, 5.41) is 6.54. The molecule has 0 aromatic heterocycles. The summed E-state index contributed by atoms with van der Waals surface area (Å²) in [7, 11) is 0. The number of carbonyl (C=O) groups is 4. The summed E-state index contributed by atoms with van der Waals surface area (Å²) in [6.45, 7) is -4.11. The van der Waals surface area contributed by atoms with Gasteiger partial charge in [-0.3, -0.25) is 14.4 Å². The van der Waals surface area contributed by atoms with Gasteiger partial charge >= 0.3 is 19.3 Å². The Labute approximate surface area is 241 Å². The molecule has 0 unspecified atom stereocenters. The fraction of sp³-hybridized carbons (Fsp3) is 0.583. The second-order valence-electron chi connectivity index (χ2n) is 9.33. The van der Waals surface area contributed by atoms with E-state index < -0.39 is 77.5 Å². The van der Waals surface area contributed by atoms with Gasteiger partial charge in [-0.2, -0.15) is 17.6 Å². The number of alkyl halides is 5. The molecule has 1 aliphatic heterocycles. The first-order chi connectivity index (χ1) is 18.6. The Kier molecular flexibility index (Phi) is 12.5. The number of benzene rings is 1. The number of alkyl carbamates (subject to hydrolysis) is 1. The van der Waals surface area contributed by atoms with Gasteiger partial charge in [0.05, 0.1) is 25.9 Å². The Morgan fingerprint density at radius 3 is 1.85 bits per heavy atom. The van der Waals surface area contributed by atoms with E-state index in [9.17, 15) is 36.7 Å². The Morgan fingerprint density at radius 1 is 0.925 bits per heavy atom. The van der Waals surface area contributed by atoms with Gasteiger partial charge in [0.25, 0.3) is 0 Å². The third-order valence-electron chi connectivity index (χ3n) is 5.37. The Hall–Kier alpha value is -2.57. The lowest BCUT2D eigenvalue weighted by molar-refractivity contribution is -0.152. The van der Waals surface area contributed by atoms with Gasteiger partial charge in [-0.1, -0.05) is 30.3 Å². The van der Waals surface area contributed by atoms with Crippen molar-refractivity contribution in [3.8, 4) is 0 Å². The fourth-order valence-electron chi connectivity index (χ4n) is 3.32. The van der Waals surface area contributed by atoms with Crippen molar-refractivity contribution in [2.24, 2.45) is 0 Å². The molecular formula is C24H30F4IN3O8. The van der Waals surface area contributed by atoms with E-state index in [2.05, 4.69) is 20.1 Å². The van der Waals surface area contributed by atoms with Crippen LogP contribution >= 0.6 is 22.6 Å². The number of ketones is 1. The number of rotatable bonds is 16. The van der Waals surface area contributed by atoms with Crippen LogP contribution < -0.4 is 16.0 Å². The first-order valence-corrected chi connectivity index (χ1v) is 13.0. The highest BCUT2D eigenvalue weighted by atomic mass is 127. The van der Waals surface area contributed by atoms with Crippen LogP contribution in [0.5, 0.6) is 0 Å². The topological polar surface area (TPSA) is 145 Å². The maximum Gasteiger partial charge on any atom is 0.409 e. The summed E-state index contributed by atoms with van der Waals surface area (Å²) < 4.78 is 68.4. The molecule has 0 bridgehead atoms. The molecule has 224 valence electrons. The van der Waals surface area contributed by atoms with Crippen molar-refractivity contribution in [1.82, 2.24) is 16.0 Å². The van der Waals surface area contributed by atoms with Crippen molar-refractivity contribution < 1.29 is 55.7 Å². The Balaban J connectivity index is 2.22. The number of nitrogens with one attached hydrogen (secondary N) is 3. The van der Waals surface area contributed by atoms with Crippen LogP contribution in [0.4, 0.5) is 22.4 Å². The lowest BCUT2D eigenvalue weighted by Crippen LogP contribution is -2.59. The minimum Gasteiger partial charge on any atom is -0.433 e. The number of ether oxygens (including phenoxy) is 4. The molecule has 0 saturated carbocycles. The van der Waals surface area contributed by atoms with Gasteiger partial charge in [-0.05, 0) is 55.3 Å². The van der Waals surface area contributed by atoms with Gasteiger partial charge in [-0.25, -0.2) is 4.79 Å². The van der Waals surface area contributed by atoms with E-state index in [1.165, 1.54) is 20.8 Å². The van der Waals surface area contributed by atoms with E-state index >= 15 is 0 Å². The molecule has 3 amide bonds. The van der Waals surface area contributed by atoms with Crippen molar-refractivity contribution in [1.29, 1.82) is 0 Å². The van der Waals surface area contributed by atoms with Crippen LogP contribution in [0.15, 0.2) is 30.3 Å². The first-order valence-electron chi connectivity index (χ1n) is 11.9. The number of halogens is 5. The van der Waals surface area contributed by atoms with E-state index in [-0.39, 0.29) is 13.0 Å². The molecule has 1 aromatic carbocycles. The number of carbonyl (C=O) groups excluding carboxylic acids is 4. The minimum atomic E-state index is -3.33. The highest BCUT2D eigenvalue weighted by Crippen LogP contribution is 2.29. The van der Waals surface area contributed by atoms with E-state index in [0.717, 1.165) is 0 Å². The highest BCUT2D eigenvalue weighted by molar-refractivity contribution is 14.1. The maximum absolute atomic E-state index is 13.1. The van der Waals surface area contributed by atoms with Crippen molar-refractivity contribution in [3.63, 3.8) is 0 Å². The first kappa shape index (κ1) is 33.6. The van der Waals surface area contributed by atoms with Crippen LogP contribution in [-0.4, -0.2) is 84.1 Å². The van der Waals surface area contributed by atoms with E-state index in [1.807, 2.05) is 5.32 Å². The van der Waals surface area contributed by atoms with Crippen LogP contribution in [0, 0.1) is 0 Å². The quantitative estimate of drug-likeness (QED) is 0.104.